The van der Waals surface area contributed by atoms with E-state index >= 15 is 0 Å². The number of nitro groups is 1. The summed E-state index contributed by atoms with van der Waals surface area (Å²) in [5.74, 6) is -0.190. The maximum absolute atomic E-state index is 12.5. The Morgan fingerprint density at radius 3 is 2.83 bits per heavy atom. The van der Waals surface area contributed by atoms with E-state index in [1.54, 1.807) is 30.1 Å². The van der Waals surface area contributed by atoms with Crippen molar-refractivity contribution >= 4 is 11.6 Å². The summed E-state index contributed by atoms with van der Waals surface area (Å²) in [5.41, 5.74) is 1.66. The predicted molar refractivity (Wildman–Crippen MR) is 88.7 cm³/mol. The molecule has 2 aromatic rings. The fourth-order valence-electron chi connectivity index (χ4n) is 2.85. The molecular weight excluding hydrogens is 310 g/mol. The van der Waals surface area contributed by atoms with Gasteiger partial charge in [0.15, 0.2) is 0 Å². The molecule has 1 aromatic carbocycles. The highest BCUT2D eigenvalue weighted by molar-refractivity contribution is 5.99. The molecule has 3 rings (SSSR count). The molecule has 2 heterocycles. The number of hydrogen-bond donors (Lipinski definition) is 2. The monoisotopic (exact) mass is 329 g/mol. The Morgan fingerprint density at radius 2 is 2.21 bits per heavy atom. The number of carbonyl (C=O) groups is 1. The van der Waals surface area contributed by atoms with E-state index in [4.69, 9.17) is 0 Å². The minimum Gasteiger partial charge on any atom is -0.350 e. The largest absolute Gasteiger partial charge is 0.350 e. The third-order valence-corrected chi connectivity index (χ3v) is 4.10. The third-order valence-electron chi connectivity index (χ3n) is 4.10. The highest BCUT2D eigenvalue weighted by atomic mass is 16.6. The lowest BCUT2D eigenvalue weighted by Gasteiger charge is -2.11. The van der Waals surface area contributed by atoms with E-state index in [0.29, 0.717) is 29.4 Å². The number of aromatic nitrogens is 2. The van der Waals surface area contributed by atoms with Crippen molar-refractivity contribution in [2.75, 3.05) is 13.1 Å². The van der Waals surface area contributed by atoms with Crippen LogP contribution in [-0.2, 0) is 7.05 Å². The highest BCUT2D eigenvalue weighted by Crippen LogP contribution is 2.24. The van der Waals surface area contributed by atoms with Crippen LogP contribution in [0.3, 0.4) is 0 Å². The maximum Gasteiger partial charge on any atom is 0.269 e. The number of carbonyl (C=O) groups excluding carboxylic acids is 1. The van der Waals surface area contributed by atoms with Gasteiger partial charge in [-0.05, 0) is 31.5 Å². The number of nitrogens with zero attached hydrogens (tertiary/aromatic N) is 3. The van der Waals surface area contributed by atoms with Gasteiger partial charge in [0.2, 0.25) is 0 Å². The Hall–Kier alpha value is -2.74. The molecule has 8 heteroatoms. The van der Waals surface area contributed by atoms with E-state index in [1.807, 2.05) is 0 Å². The molecule has 0 spiro atoms. The minimum absolute atomic E-state index is 0.00740. The summed E-state index contributed by atoms with van der Waals surface area (Å²) < 4.78 is 1.57. The Bertz CT molecular complexity index is 748. The molecule has 0 saturated carbocycles. The number of rotatable bonds is 5. The number of benzene rings is 1. The van der Waals surface area contributed by atoms with E-state index in [2.05, 4.69) is 15.7 Å². The van der Waals surface area contributed by atoms with Crippen molar-refractivity contribution in [2.24, 2.45) is 7.05 Å². The molecule has 1 amide bonds. The van der Waals surface area contributed by atoms with Crippen molar-refractivity contribution in [2.45, 2.75) is 18.9 Å². The van der Waals surface area contributed by atoms with Crippen LogP contribution in [0.25, 0.3) is 11.3 Å². The van der Waals surface area contributed by atoms with Crippen LogP contribution in [0.4, 0.5) is 5.69 Å². The van der Waals surface area contributed by atoms with E-state index in [9.17, 15) is 14.9 Å². The smallest absolute Gasteiger partial charge is 0.269 e. The van der Waals surface area contributed by atoms with Gasteiger partial charge in [0.1, 0.15) is 5.69 Å². The molecule has 1 unspecified atom stereocenters. The summed E-state index contributed by atoms with van der Waals surface area (Å²) in [6.07, 6.45) is 3.85. The van der Waals surface area contributed by atoms with Gasteiger partial charge in [0.05, 0.1) is 10.5 Å². The van der Waals surface area contributed by atoms with Gasteiger partial charge in [-0.1, -0.05) is 0 Å². The van der Waals surface area contributed by atoms with Crippen LogP contribution in [0.15, 0.2) is 30.5 Å². The van der Waals surface area contributed by atoms with Crippen molar-refractivity contribution < 1.29 is 9.72 Å². The van der Waals surface area contributed by atoms with Crippen molar-refractivity contribution in [3.05, 3.63) is 46.1 Å². The van der Waals surface area contributed by atoms with Crippen LogP contribution in [-0.4, -0.2) is 39.7 Å². The zero-order valence-corrected chi connectivity index (χ0v) is 13.4. The fraction of sp³-hybridized carbons (Fsp3) is 0.375. The van der Waals surface area contributed by atoms with Crippen LogP contribution < -0.4 is 10.6 Å². The molecule has 0 bridgehead atoms. The topological polar surface area (TPSA) is 102 Å². The molecule has 1 atom stereocenters. The van der Waals surface area contributed by atoms with Crippen molar-refractivity contribution in [3.8, 4) is 11.3 Å². The molecule has 1 aliphatic rings. The first-order chi connectivity index (χ1) is 11.5. The second kappa shape index (κ2) is 6.79. The van der Waals surface area contributed by atoms with Crippen LogP contribution in [0.1, 0.15) is 23.2 Å². The van der Waals surface area contributed by atoms with Gasteiger partial charge in [-0.2, -0.15) is 5.10 Å². The molecule has 1 aliphatic heterocycles. The van der Waals surface area contributed by atoms with Gasteiger partial charge >= 0.3 is 0 Å². The summed E-state index contributed by atoms with van der Waals surface area (Å²) >= 11 is 0. The van der Waals surface area contributed by atoms with Gasteiger partial charge in [-0.15, -0.1) is 0 Å². The standard InChI is InChI=1S/C16H19N5O3/c1-20-10-14(16(22)18-9-12-3-2-8-17-12)15(19-20)11-4-6-13(7-5-11)21(23)24/h4-7,10,12,17H,2-3,8-9H2,1H3,(H,18,22). The summed E-state index contributed by atoms with van der Waals surface area (Å²) in [7, 11) is 1.74. The first-order valence-electron chi connectivity index (χ1n) is 7.84. The summed E-state index contributed by atoms with van der Waals surface area (Å²) in [4.78, 5) is 22.8. The number of aryl methyl sites for hydroxylation is 1. The number of nitro benzene ring substituents is 1. The molecule has 1 saturated heterocycles. The minimum atomic E-state index is -0.454. The van der Waals surface area contributed by atoms with E-state index < -0.39 is 4.92 Å². The predicted octanol–water partition coefficient (Wildman–Crippen LogP) is 1.48. The molecule has 1 aromatic heterocycles. The normalized spacial score (nSPS) is 17.0. The zero-order chi connectivity index (χ0) is 17.1. The van der Waals surface area contributed by atoms with Crippen molar-refractivity contribution in [1.29, 1.82) is 0 Å². The lowest BCUT2D eigenvalue weighted by molar-refractivity contribution is -0.384. The number of amides is 1. The Labute approximate surface area is 139 Å². The summed E-state index contributed by atoms with van der Waals surface area (Å²) in [6.45, 7) is 1.56. The first kappa shape index (κ1) is 16.1. The number of non-ortho nitro benzene ring substituents is 1. The second-order valence-corrected chi connectivity index (χ2v) is 5.87. The fourth-order valence-corrected chi connectivity index (χ4v) is 2.85. The average Bonchev–Trinajstić information content (AvgIpc) is 3.22. The SMILES string of the molecule is Cn1cc(C(=O)NCC2CCCN2)c(-c2ccc([N+](=O)[O-])cc2)n1. The van der Waals surface area contributed by atoms with Gasteiger partial charge in [0.25, 0.3) is 11.6 Å². The molecule has 8 nitrogen and oxygen atoms in total. The second-order valence-electron chi connectivity index (χ2n) is 5.87. The van der Waals surface area contributed by atoms with E-state index in [1.165, 1.54) is 12.1 Å². The van der Waals surface area contributed by atoms with E-state index in [-0.39, 0.29) is 11.6 Å². The Balaban J connectivity index is 1.78. The van der Waals surface area contributed by atoms with Crippen molar-refractivity contribution in [3.63, 3.8) is 0 Å². The van der Waals surface area contributed by atoms with Crippen LogP contribution in [0.2, 0.25) is 0 Å². The van der Waals surface area contributed by atoms with Crippen LogP contribution >= 0.6 is 0 Å². The molecule has 0 aliphatic carbocycles. The third kappa shape index (κ3) is 3.43. The van der Waals surface area contributed by atoms with Crippen molar-refractivity contribution in [1.82, 2.24) is 20.4 Å². The maximum atomic E-state index is 12.5. The van der Waals surface area contributed by atoms with Crippen LogP contribution in [0, 0.1) is 10.1 Å². The Kier molecular flexibility index (Phi) is 4.57. The number of nitrogens with one attached hydrogen (secondary N) is 2. The van der Waals surface area contributed by atoms with Gasteiger partial charge in [-0.3, -0.25) is 19.6 Å². The van der Waals surface area contributed by atoms with Crippen LogP contribution in [0.5, 0.6) is 0 Å². The number of hydrogen-bond acceptors (Lipinski definition) is 5. The molecular formula is C16H19N5O3. The summed E-state index contributed by atoms with van der Waals surface area (Å²) in [5, 5.41) is 21.3. The Morgan fingerprint density at radius 1 is 1.46 bits per heavy atom. The summed E-state index contributed by atoms with van der Waals surface area (Å²) in [6, 6.07) is 6.35. The molecule has 24 heavy (non-hydrogen) atoms. The first-order valence-corrected chi connectivity index (χ1v) is 7.84. The lowest BCUT2D eigenvalue weighted by atomic mass is 10.1. The van der Waals surface area contributed by atoms with E-state index in [0.717, 1.165) is 19.4 Å². The zero-order valence-electron chi connectivity index (χ0n) is 13.4. The average molecular weight is 329 g/mol. The quantitative estimate of drug-likeness (QED) is 0.639. The molecule has 2 N–H and O–H groups in total. The molecule has 0 radical (unpaired) electrons. The molecule has 1 fully saturated rings. The van der Waals surface area contributed by atoms with Gasteiger partial charge in [-0.25, -0.2) is 0 Å². The highest BCUT2D eigenvalue weighted by Gasteiger charge is 2.20. The van der Waals surface area contributed by atoms with Gasteiger partial charge < -0.3 is 10.6 Å². The lowest BCUT2D eigenvalue weighted by Crippen LogP contribution is -2.37. The molecule has 126 valence electrons. The van der Waals surface area contributed by atoms with Gasteiger partial charge in [0, 0.05) is 43.5 Å².